The molecule has 3 aromatic heterocycles. The second-order valence-electron chi connectivity index (χ2n) is 5.08. The van der Waals surface area contributed by atoms with Gasteiger partial charge < -0.3 is 10.1 Å². The molecule has 0 amide bonds. The predicted molar refractivity (Wildman–Crippen MR) is 85.6 cm³/mol. The van der Waals surface area contributed by atoms with Gasteiger partial charge in [0.15, 0.2) is 5.82 Å². The lowest BCUT2D eigenvalue weighted by molar-refractivity contribution is 0.0688. The summed E-state index contributed by atoms with van der Waals surface area (Å²) in [5, 5.41) is 10.4. The van der Waals surface area contributed by atoms with Gasteiger partial charge in [0.25, 0.3) is 0 Å². The maximum absolute atomic E-state index is 11.4. The Morgan fingerprint density at radius 1 is 1.13 bits per heavy atom. The summed E-state index contributed by atoms with van der Waals surface area (Å²) in [5.41, 5.74) is 2.63. The minimum Gasteiger partial charge on any atom is -0.477 e. The molecule has 0 aliphatic carbocycles. The van der Waals surface area contributed by atoms with Gasteiger partial charge in [-0.3, -0.25) is 9.55 Å². The van der Waals surface area contributed by atoms with Gasteiger partial charge in [-0.05, 0) is 29.7 Å². The van der Waals surface area contributed by atoms with Crippen molar-refractivity contribution in [1.82, 2.24) is 19.5 Å². The van der Waals surface area contributed by atoms with Crippen LogP contribution in [0.3, 0.4) is 0 Å². The van der Waals surface area contributed by atoms with Crippen molar-refractivity contribution in [1.29, 1.82) is 0 Å². The van der Waals surface area contributed by atoms with E-state index in [0.29, 0.717) is 11.5 Å². The van der Waals surface area contributed by atoms with E-state index in [0.717, 1.165) is 16.5 Å². The number of hydrogen-bond donors (Lipinski definition) is 2. The number of nitrogens with zero attached hydrogens (tertiary/aromatic N) is 3. The number of nitrogens with one attached hydrogen (secondary N) is 1. The number of benzene rings is 1. The average Bonchev–Trinajstić information content (AvgIpc) is 3.23. The molecule has 3 heterocycles. The molecule has 0 atom stereocenters. The van der Waals surface area contributed by atoms with Crippen LogP contribution in [-0.2, 0) is 0 Å². The standard InChI is InChI=1S/C17H12N4O2/c22-17(23)14-2-1-9-21(14)16-15(19-7-8-20-16)12-4-3-11-5-6-18-13(11)10-12/h1-10,18H,(H,22,23). The zero-order chi connectivity index (χ0) is 15.8. The Balaban J connectivity index is 1.93. The first-order chi connectivity index (χ1) is 11.2. The SMILES string of the molecule is O=C(O)c1cccn1-c1nccnc1-c1ccc2cc[nH]c2c1. The molecule has 0 bridgehead atoms. The summed E-state index contributed by atoms with van der Waals surface area (Å²) in [7, 11) is 0. The molecular weight excluding hydrogens is 292 g/mol. The van der Waals surface area contributed by atoms with E-state index in [1.807, 2.05) is 30.5 Å². The molecule has 0 saturated carbocycles. The van der Waals surface area contributed by atoms with Gasteiger partial charge in [-0.15, -0.1) is 0 Å². The smallest absolute Gasteiger partial charge is 0.352 e. The molecule has 1 aromatic carbocycles. The first kappa shape index (κ1) is 13.3. The molecule has 4 aromatic rings. The molecule has 6 heteroatoms. The predicted octanol–water partition coefficient (Wildman–Crippen LogP) is 3.11. The van der Waals surface area contributed by atoms with Gasteiger partial charge in [-0.2, -0.15) is 0 Å². The van der Waals surface area contributed by atoms with E-state index < -0.39 is 5.97 Å². The van der Waals surface area contributed by atoms with Crippen molar-refractivity contribution in [2.45, 2.75) is 0 Å². The van der Waals surface area contributed by atoms with Crippen LogP contribution in [0.2, 0.25) is 0 Å². The third kappa shape index (κ3) is 2.17. The topological polar surface area (TPSA) is 83.8 Å². The summed E-state index contributed by atoms with van der Waals surface area (Å²) in [6, 6.07) is 11.1. The van der Waals surface area contributed by atoms with Gasteiger partial charge in [0, 0.05) is 35.9 Å². The fraction of sp³-hybridized carbons (Fsp3) is 0. The van der Waals surface area contributed by atoms with Gasteiger partial charge in [0.05, 0.1) is 0 Å². The Hall–Kier alpha value is -3.41. The van der Waals surface area contributed by atoms with E-state index in [-0.39, 0.29) is 5.69 Å². The number of carboxylic acid groups (broad SMARTS) is 1. The van der Waals surface area contributed by atoms with Gasteiger partial charge in [-0.1, -0.05) is 12.1 Å². The van der Waals surface area contributed by atoms with Crippen LogP contribution in [-0.4, -0.2) is 30.6 Å². The van der Waals surface area contributed by atoms with E-state index in [1.165, 1.54) is 10.6 Å². The van der Waals surface area contributed by atoms with Crippen LogP contribution in [0.25, 0.3) is 28.0 Å². The van der Waals surface area contributed by atoms with Crippen molar-refractivity contribution in [2.75, 3.05) is 0 Å². The Bertz CT molecular complexity index is 1020. The quantitative estimate of drug-likeness (QED) is 0.609. The molecule has 112 valence electrons. The summed E-state index contributed by atoms with van der Waals surface area (Å²) in [4.78, 5) is 23.3. The van der Waals surface area contributed by atoms with E-state index >= 15 is 0 Å². The summed E-state index contributed by atoms with van der Waals surface area (Å²) in [6.45, 7) is 0. The van der Waals surface area contributed by atoms with Crippen LogP contribution in [0, 0.1) is 0 Å². The minimum atomic E-state index is -1.01. The maximum atomic E-state index is 11.4. The molecule has 0 spiro atoms. The van der Waals surface area contributed by atoms with Crippen molar-refractivity contribution in [3.63, 3.8) is 0 Å². The van der Waals surface area contributed by atoms with E-state index in [2.05, 4.69) is 15.0 Å². The number of aromatic carboxylic acids is 1. The largest absolute Gasteiger partial charge is 0.477 e. The summed E-state index contributed by atoms with van der Waals surface area (Å²) >= 11 is 0. The van der Waals surface area contributed by atoms with E-state index in [9.17, 15) is 9.90 Å². The minimum absolute atomic E-state index is 0.146. The Morgan fingerprint density at radius 2 is 2.00 bits per heavy atom. The lowest BCUT2D eigenvalue weighted by Gasteiger charge is -2.10. The fourth-order valence-corrected chi connectivity index (χ4v) is 2.65. The van der Waals surface area contributed by atoms with Crippen LogP contribution in [0.1, 0.15) is 10.5 Å². The second-order valence-corrected chi connectivity index (χ2v) is 5.08. The van der Waals surface area contributed by atoms with Crippen LogP contribution >= 0.6 is 0 Å². The zero-order valence-electron chi connectivity index (χ0n) is 12.0. The average molecular weight is 304 g/mol. The number of aromatic nitrogens is 4. The molecule has 6 nitrogen and oxygen atoms in total. The first-order valence-corrected chi connectivity index (χ1v) is 7.03. The molecule has 2 N–H and O–H groups in total. The summed E-state index contributed by atoms with van der Waals surface area (Å²) < 4.78 is 1.53. The van der Waals surface area contributed by atoms with Crippen LogP contribution < -0.4 is 0 Å². The molecule has 0 aliphatic rings. The molecule has 0 fully saturated rings. The number of carbonyl (C=O) groups is 1. The number of H-pyrrole nitrogens is 1. The van der Waals surface area contributed by atoms with E-state index in [4.69, 9.17) is 0 Å². The second kappa shape index (κ2) is 5.10. The molecule has 0 radical (unpaired) electrons. The van der Waals surface area contributed by atoms with Crippen molar-refractivity contribution in [3.05, 3.63) is 66.9 Å². The third-order valence-electron chi connectivity index (χ3n) is 3.70. The Labute approximate surface area is 131 Å². The molecule has 4 rings (SSSR count). The van der Waals surface area contributed by atoms with Crippen molar-refractivity contribution >= 4 is 16.9 Å². The lowest BCUT2D eigenvalue weighted by atomic mass is 10.1. The van der Waals surface area contributed by atoms with Crippen LogP contribution in [0.5, 0.6) is 0 Å². The summed E-state index contributed by atoms with van der Waals surface area (Å²) in [5.74, 6) is -0.521. The van der Waals surface area contributed by atoms with Crippen molar-refractivity contribution in [3.8, 4) is 17.1 Å². The Kier molecular flexibility index (Phi) is 2.94. The number of rotatable bonds is 3. The first-order valence-electron chi connectivity index (χ1n) is 7.03. The number of aromatic amines is 1. The van der Waals surface area contributed by atoms with Gasteiger partial charge in [0.2, 0.25) is 0 Å². The molecule has 0 unspecified atom stereocenters. The molecule has 0 saturated heterocycles. The highest BCUT2D eigenvalue weighted by atomic mass is 16.4. The van der Waals surface area contributed by atoms with Crippen molar-refractivity contribution < 1.29 is 9.90 Å². The maximum Gasteiger partial charge on any atom is 0.352 e. The van der Waals surface area contributed by atoms with Crippen LogP contribution in [0.4, 0.5) is 0 Å². The third-order valence-corrected chi connectivity index (χ3v) is 3.70. The van der Waals surface area contributed by atoms with Crippen LogP contribution in [0.15, 0.2) is 61.2 Å². The molecular formula is C17H12N4O2. The molecule has 0 aliphatic heterocycles. The monoisotopic (exact) mass is 304 g/mol. The fourth-order valence-electron chi connectivity index (χ4n) is 2.65. The zero-order valence-corrected chi connectivity index (χ0v) is 12.0. The van der Waals surface area contributed by atoms with Gasteiger partial charge in [-0.25, -0.2) is 9.78 Å². The highest BCUT2D eigenvalue weighted by Gasteiger charge is 2.16. The normalized spacial score (nSPS) is 11.0. The number of carboxylic acids is 1. The number of fused-ring (bicyclic) bond motifs is 1. The van der Waals surface area contributed by atoms with Gasteiger partial charge >= 0.3 is 5.97 Å². The molecule has 23 heavy (non-hydrogen) atoms. The highest BCUT2D eigenvalue weighted by Crippen LogP contribution is 2.26. The Morgan fingerprint density at radius 3 is 2.87 bits per heavy atom. The van der Waals surface area contributed by atoms with E-state index in [1.54, 1.807) is 24.7 Å². The van der Waals surface area contributed by atoms with Crippen molar-refractivity contribution in [2.24, 2.45) is 0 Å². The highest BCUT2D eigenvalue weighted by molar-refractivity contribution is 5.88. The van der Waals surface area contributed by atoms with Gasteiger partial charge in [0.1, 0.15) is 11.4 Å². The lowest BCUT2D eigenvalue weighted by Crippen LogP contribution is -2.09. The number of hydrogen-bond acceptors (Lipinski definition) is 3. The summed E-state index contributed by atoms with van der Waals surface area (Å²) in [6.07, 6.45) is 6.70.